The number of nitrogens with zero attached hydrogens (tertiary/aromatic N) is 4. The van der Waals surface area contributed by atoms with Crippen molar-refractivity contribution < 1.29 is 9.53 Å². The van der Waals surface area contributed by atoms with Gasteiger partial charge in [0.05, 0.1) is 23.2 Å². The van der Waals surface area contributed by atoms with Gasteiger partial charge in [-0.3, -0.25) is 18.6 Å². The number of benzene rings is 1. The molecule has 2 heterocycles. The van der Waals surface area contributed by atoms with Crippen LogP contribution < -0.4 is 10.9 Å². The highest BCUT2D eigenvalue weighted by molar-refractivity contribution is 7.99. The SMILES string of the molecule is C#CCNC(=O)CSc1nnc2n(CCCOCC)c(=O)c3ccccc3n12. The molecule has 2 aromatic heterocycles. The van der Waals surface area contributed by atoms with Crippen LogP contribution in [0.25, 0.3) is 16.7 Å². The van der Waals surface area contributed by atoms with Crippen LogP contribution in [0.1, 0.15) is 13.3 Å². The lowest BCUT2D eigenvalue weighted by molar-refractivity contribution is -0.118. The Morgan fingerprint density at radius 2 is 2.18 bits per heavy atom. The van der Waals surface area contributed by atoms with Crippen molar-refractivity contribution in [3.63, 3.8) is 0 Å². The fourth-order valence-electron chi connectivity index (χ4n) is 2.83. The number of thioether (sulfide) groups is 1. The van der Waals surface area contributed by atoms with Crippen LogP contribution in [-0.4, -0.2) is 50.6 Å². The summed E-state index contributed by atoms with van der Waals surface area (Å²) >= 11 is 1.25. The van der Waals surface area contributed by atoms with Gasteiger partial charge in [0.2, 0.25) is 11.7 Å². The summed E-state index contributed by atoms with van der Waals surface area (Å²) in [5.74, 6) is 2.78. The summed E-state index contributed by atoms with van der Waals surface area (Å²) in [6.45, 7) is 3.78. The molecule has 0 fully saturated rings. The van der Waals surface area contributed by atoms with Gasteiger partial charge >= 0.3 is 0 Å². The zero-order valence-electron chi connectivity index (χ0n) is 15.6. The first-order valence-electron chi connectivity index (χ1n) is 8.94. The monoisotopic (exact) mass is 399 g/mol. The summed E-state index contributed by atoms with van der Waals surface area (Å²) in [4.78, 5) is 24.8. The molecule has 1 N–H and O–H groups in total. The summed E-state index contributed by atoms with van der Waals surface area (Å²) < 4.78 is 8.80. The number of terminal acetylenes is 1. The van der Waals surface area contributed by atoms with Crippen molar-refractivity contribution in [3.8, 4) is 12.3 Å². The number of aryl methyl sites for hydroxylation is 1. The third-order valence-electron chi connectivity index (χ3n) is 4.07. The second-order valence-corrected chi connectivity index (χ2v) is 6.85. The van der Waals surface area contributed by atoms with Crippen LogP contribution in [-0.2, 0) is 16.1 Å². The molecule has 0 saturated heterocycles. The molecule has 0 atom stereocenters. The number of hydrogen-bond acceptors (Lipinski definition) is 6. The summed E-state index contributed by atoms with van der Waals surface area (Å²) in [5, 5.41) is 12.2. The molecular formula is C19H21N5O3S. The van der Waals surface area contributed by atoms with Gasteiger partial charge in [0.15, 0.2) is 5.16 Å². The Bertz CT molecular complexity index is 1080. The molecule has 8 nitrogen and oxygen atoms in total. The van der Waals surface area contributed by atoms with Gasteiger partial charge in [-0.05, 0) is 25.5 Å². The molecule has 3 rings (SSSR count). The number of hydrogen-bond donors (Lipinski definition) is 1. The second kappa shape index (κ2) is 9.39. The summed E-state index contributed by atoms with van der Waals surface area (Å²) in [7, 11) is 0. The maximum absolute atomic E-state index is 13.0. The summed E-state index contributed by atoms with van der Waals surface area (Å²) in [6, 6.07) is 7.31. The molecule has 0 unspecified atom stereocenters. The first-order chi connectivity index (χ1) is 13.7. The predicted molar refractivity (Wildman–Crippen MR) is 108 cm³/mol. The smallest absolute Gasteiger partial charge is 0.262 e. The molecule has 0 aliphatic rings. The Hall–Kier alpha value is -2.83. The first kappa shape index (κ1) is 19.9. The van der Waals surface area contributed by atoms with Crippen LogP contribution >= 0.6 is 11.8 Å². The van der Waals surface area contributed by atoms with Crippen LogP contribution in [0.15, 0.2) is 34.2 Å². The van der Waals surface area contributed by atoms with Crippen molar-refractivity contribution in [1.29, 1.82) is 0 Å². The molecule has 0 aliphatic carbocycles. The molecule has 0 aliphatic heterocycles. The number of fused-ring (bicyclic) bond motifs is 3. The molecule has 0 bridgehead atoms. The van der Waals surface area contributed by atoms with Gasteiger partial charge in [-0.25, -0.2) is 0 Å². The highest BCUT2D eigenvalue weighted by Gasteiger charge is 2.17. The fourth-order valence-corrected chi connectivity index (χ4v) is 3.60. The number of para-hydroxylation sites is 1. The van der Waals surface area contributed by atoms with E-state index < -0.39 is 0 Å². The maximum Gasteiger partial charge on any atom is 0.262 e. The Morgan fingerprint density at radius 1 is 1.36 bits per heavy atom. The van der Waals surface area contributed by atoms with Gasteiger partial charge in [-0.1, -0.05) is 29.8 Å². The van der Waals surface area contributed by atoms with Crippen molar-refractivity contribution in [2.75, 3.05) is 25.5 Å². The Kier molecular flexibility index (Phi) is 6.68. The standard InChI is InChI=1S/C19H21N5O3S/c1-3-10-20-16(25)13-28-19-22-21-18-23(11-7-12-27-4-2)17(26)14-8-5-6-9-15(14)24(18)19/h1,5-6,8-9H,4,7,10-13H2,2H3,(H,20,25). The van der Waals surface area contributed by atoms with Gasteiger partial charge in [-0.15, -0.1) is 16.6 Å². The molecule has 1 aromatic carbocycles. The third kappa shape index (κ3) is 4.18. The van der Waals surface area contributed by atoms with E-state index in [4.69, 9.17) is 11.2 Å². The molecule has 0 saturated carbocycles. The minimum Gasteiger partial charge on any atom is -0.382 e. The lowest BCUT2D eigenvalue weighted by Gasteiger charge is -2.11. The molecule has 1 amide bonds. The lowest BCUT2D eigenvalue weighted by atomic mass is 10.2. The van der Waals surface area contributed by atoms with Crippen molar-refractivity contribution in [2.24, 2.45) is 0 Å². The van der Waals surface area contributed by atoms with Crippen LogP contribution in [0.3, 0.4) is 0 Å². The fraction of sp³-hybridized carbons (Fsp3) is 0.368. The van der Waals surface area contributed by atoms with Gasteiger partial charge in [0, 0.05) is 19.8 Å². The topological polar surface area (TPSA) is 90.5 Å². The number of ether oxygens (including phenoxy) is 1. The van der Waals surface area contributed by atoms with Crippen LogP contribution in [0.2, 0.25) is 0 Å². The van der Waals surface area contributed by atoms with E-state index in [2.05, 4.69) is 21.4 Å². The number of rotatable bonds is 9. The molecule has 9 heteroatoms. The largest absolute Gasteiger partial charge is 0.382 e. The third-order valence-corrected chi connectivity index (χ3v) is 5.00. The van der Waals surface area contributed by atoms with Crippen LogP contribution in [0.4, 0.5) is 0 Å². The zero-order valence-corrected chi connectivity index (χ0v) is 16.4. The van der Waals surface area contributed by atoms with Gasteiger partial charge in [0.25, 0.3) is 5.56 Å². The Labute approximate surface area is 166 Å². The van der Waals surface area contributed by atoms with E-state index >= 15 is 0 Å². The first-order valence-corrected chi connectivity index (χ1v) is 9.93. The highest BCUT2D eigenvalue weighted by atomic mass is 32.2. The van der Waals surface area contributed by atoms with Crippen LogP contribution in [0, 0.1) is 12.3 Å². The van der Waals surface area contributed by atoms with Crippen molar-refractivity contribution >= 4 is 34.3 Å². The van der Waals surface area contributed by atoms with E-state index in [1.54, 1.807) is 10.6 Å². The molecular weight excluding hydrogens is 378 g/mol. The number of aromatic nitrogens is 4. The quantitative estimate of drug-likeness (QED) is 0.331. The van der Waals surface area contributed by atoms with Crippen molar-refractivity contribution in [1.82, 2.24) is 24.5 Å². The van der Waals surface area contributed by atoms with Gasteiger partial charge < -0.3 is 10.1 Å². The lowest BCUT2D eigenvalue weighted by Crippen LogP contribution is -2.25. The normalized spacial score (nSPS) is 11.0. The minimum absolute atomic E-state index is 0.115. The minimum atomic E-state index is -0.186. The zero-order chi connectivity index (χ0) is 19.9. The molecule has 0 radical (unpaired) electrons. The molecule has 3 aromatic rings. The van der Waals surface area contributed by atoms with Crippen molar-refractivity contribution in [3.05, 3.63) is 34.6 Å². The summed E-state index contributed by atoms with van der Waals surface area (Å²) in [5.41, 5.74) is 0.593. The summed E-state index contributed by atoms with van der Waals surface area (Å²) in [6.07, 6.45) is 5.84. The number of amides is 1. The van der Waals surface area contributed by atoms with E-state index in [-0.39, 0.29) is 23.8 Å². The van der Waals surface area contributed by atoms with Crippen LogP contribution in [0.5, 0.6) is 0 Å². The van der Waals surface area contributed by atoms with E-state index in [9.17, 15) is 9.59 Å². The van der Waals surface area contributed by atoms with Gasteiger partial charge in [0.1, 0.15) is 0 Å². The predicted octanol–water partition coefficient (Wildman–Crippen LogP) is 1.31. The van der Waals surface area contributed by atoms with Gasteiger partial charge in [-0.2, -0.15) is 0 Å². The Balaban J connectivity index is 1.98. The number of carbonyl (C=O) groups excluding carboxylic acids is 1. The highest BCUT2D eigenvalue weighted by Crippen LogP contribution is 2.21. The van der Waals surface area contributed by atoms with E-state index in [0.717, 1.165) is 0 Å². The second-order valence-electron chi connectivity index (χ2n) is 5.91. The molecule has 28 heavy (non-hydrogen) atoms. The van der Waals surface area contributed by atoms with E-state index in [1.165, 1.54) is 11.8 Å². The molecule has 146 valence electrons. The number of carbonyl (C=O) groups is 1. The van der Waals surface area contributed by atoms with E-state index in [0.29, 0.717) is 48.0 Å². The number of nitrogens with one attached hydrogen (secondary N) is 1. The molecule has 0 spiro atoms. The average Bonchev–Trinajstić information content (AvgIpc) is 3.14. The average molecular weight is 399 g/mol. The van der Waals surface area contributed by atoms with E-state index in [1.807, 2.05) is 29.5 Å². The Morgan fingerprint density at radius 3 is 2.96 bits per heavy atom. The van der Waals surface area contributed by atoms with Crippen molar-refractivity contribution in [2.45, 2.75) is 25.0 Å². The maximum atomic E-state index is 13.0.